The van der Waals surface area contributed by atoms with Gasteiger partial charge in [-0.3, -0.25) is 0 Å². The number of aromatic nitrogens is 2. The molecule has 2 N–H and O–H groups in total. The minimum atomic E-state index is 0.199. The predicted octanol–water partition coefficient (Wildman–Crippen LogP) is 2.80. The summed E-state index contributed by atoms with van der Waals surface area (Å²) >= 11 is 0. The highest BCUT2D eigenvalue weighted by Crippen LogP contribution is 2.31. The van der Waals surface area contributed by atoms with Gasteiger partial charge in [0.15, 0.2) is 0 Å². The van der Waals surface area contributed by atoms with E-state index in [2.05, 4.69) is 9.97 Å². The molecule has 6 nitrogen and oxygen atoms in total. The zero-order chi connectivity index (χ0) is 16.8. The third kappa shape index (κ3) is 3.72. The van der Waals surface area contributed by atoms with Crippen LogP contribution in [0.5, 0.6) is 5.88 Å². The Morgan fingerprint density at radius 3 is 2.58 bits per heavy atom. The molecule has 0 radical (unpaired) electrons. The minimum Gasteiger partial charge on any atom is -0.475 e. The third-order valence-electron chi connectivity index (χ3n) is 3.61. The van der Waals surface area contributed by atoms with E-state index < -0.39 is 0 Å². The number of nitrogens with zero attached hydrogens (tertiary/aromatic N) is 2. The molecule has 0 amide bonds. The lowest BCUT2D eigenvalue weighted by atomic mass is 10.1. The molecule has 0 aliphatic rings. The van der Waals surface area contributed by atoms with Crippen molar-refractivity contribution in [1.29, 1.82) is 0 Å². The van der Waals surface area contributed by atoms with Crippen LogP contribution in [0, 0.1) is 0 Å². The molecule has 0 fully saturated rings. The first-order chi connectivity index (χ1) is 11.8. The first-order valence-corrected chi connectivity index (χ1v) is 8.03. The summed E-state index contributed by atoms with van der Waals surface area (Å²) in [5.74, 6) is 0.688. The first-order valence-electron chi connectivity index (χ1n) is 8.03. The fourth-order valence-electron chi connectivity index (χ4n) is 2.55. The van der Waals surface area contributed by atoms with Crippen LogP contribution < -0.4 is 10.5 Å². The standard InChI is InChI=1S/C18H21N3O3/c1-2-22-9-10-23-11-12-24-17-16-14-6-4-3-5-13(14)7-8-15(16)20-18(19)21-17/h3-8H,2,9-12H2,1H3,(H2,19,20,21). The highest BCUT2D eigenvalue weighted by molar-refractivity contribution is 6.08. The van der Waals surface area contributed by atoms with Crippen molar-refractivity contribution < 1.29 is 14.2 Å². The fourth-order valence-corrected chi connectivity index (χ4v) is 2.55. The number of rotatable bonds is 8. The average Bonchev–Trinajstić information content (AvgIpc) is 2.60. The Kier molecular flexibility index (Phi) is 5.40. The second-order valence-corrected chi connectivity index (χ2v) is 5.23. The van der Waals surface area contributed by atoms with Crippen molar-refractivity contribution in [2.45, 2.75) is 6.92 Å². The Balaban J connectivity index is 1.78. The molecule has 0 aliphatic heterocycles. The van der Waals surface area contributed by atoms with Crippen LogP contribution in [-0.4, -0.2) is 43.0 Å². The maximum atomic E-state index is 5.82. The van der Waals surface area contributed by atoms with Gasteiger partial charge in [-0.05, 0) is 23.8 Å². The Morgan fingerprint density at radius 2 is 1.71 bits per heavy atom. The van der Waals surface area contributed by atoms with Crippen LogP contribution in [-0.2, 0) is 9.47 Å². The first kappa shape index (κ1) is 16.4. The van der Waals surface area contributed by atoms with Gasteiger partial charge in [0.25, 0.3) is 0 Å². The summed E-state index contributed by atoms with van der Waals surface area (Å²) in [6.07, 6.45) is 0. The van der Waals surface area contributed by atoms with Gasteiger partial charge in [0.1, 0.15) is 6.61 Å². The zero-order valence-corrected chi connectivity index (χ0v) is 13.7. The summed E-state index contributed by atoms with van der Waals surface area (Å²) in [4.78, 5) is 8.57. The van der Waals surface area contributed by atoms with E-state index in [1.165, 1.54) is 0 Å². The number of hydrogen-bond acceptors (Lipinski definition) is 6. The summed E-state index contributed by atoms with van der Waals surface area (Å²) < 4.78 is 16.5. The molecular weight excluding hydrogens is 306 g/mol. The third-order valence-corrected chi connectivity index (χ3v) is 3.61. The van der Waals surface area contributed by atoms with Gasteiger partial charge in [0.05, 0.1) is 30.7 Å². The van der Waals surface area contributed by atoms with Crippen LogP contribution in [0.2, 0.25) is 0 Å². The van der Waals surface area contributed by atoms with Gasteiger partial charge in [-0.25, -0.2) is 4.98 Å². The largest absolute Gasteiger partial charge is 0.475 e. The lowest BCUT2D eigenvalue weighted by molar-refractivity contribution is 0.0401. The van der Waals surface area contributed by atoms with E-state index in [9.17, 15) is 0 Å². The minimum absolute atomic E-state index is 0.199. The number of ether oxygens (including phenoxy) is 3. The fraction of sp³-hybridized carbons (Fsp3) is 0.333. The molecule has 1 aromatic heterocycles. The van der Waals surface area contributed by atoms with Crippen molar-refractivity contribution in [2.24, 2.45) is 0 Å². The SMILES string of the molecule is CCOCCOCCOc1nc(N)nc2ccc3ccccc3c12. The van der Waals surface area contributed by atoms with E-state index in [1.807, 2.05) is 43.3 Å². The van der Waals surface area contributed by atoms with Crippen LogP contribution in [0.1, 0.15) is 6.92 Å². The molecule has 3 rings (SSSR count). The van der Waals surface area contributed by atoms with Gasteiger partial charge in [0, 0.05) is 6.61 Å². The summed E-state index contributed by atoms with van der Waals surface area (Å²) in [7, 11) is 0. The molecule has 0 aliphatic carbocycles. The molecule has 126 valence electrons. The van der Waals surface area contributed by atoms with Crippen LogP contribution >= 0.6 is 0 Å². The van der Waals surface area contributed by atoms with E-state index in [1.54, 1.807) is 0 Å². The molecule has 0 saturated heterocycles. The van der Waals surface area contributed by atoms with Crippen molar-refractivity contribution in [3.63, 3.8) is 0 Å². The summed E-state index contributed by atoms with van der Waals surface area (Å²) in [6, 6.07) is 12.0. The van der Waals surface area contributed by atoms with Gasteiger partial charge < -0.3 is 19.9 Å². The van der Waals surface area contributed by atoms with Crippen LogP contribution in [0.3, 0.4) is 0 Å². The Hall–Kier alpha value is -2.44. The lowest BCUT2D eigenvalue weighted by Crippen LogP contribution is -2.12. The second-order valence-electron chi connectivity index (χ2n) is 5.23. The van der Waals surface area contributed by atoms with Gasteiger partial charge in [-0.15, -0.1) is 0 Å². The molecule has 0 bridgehead atoms. The maximum Gasteiger partial charge on any atom is 0.226 e. The molecule has 1 heterocycles. The van der Waals surface area contributed by atoms with E-state index in [4.69, 9.17) is 19.9 Å². The van der Waals surface area contributed by atoms with Crippen LogP contribution in [0.25, 0.3) is 21.7 Å². The van der Waals surface area contributed by atoms with E-state index in [0.29, 0.717) is 38.9 Å². The highest BCUT2D eigenvalue weighted by Gasteiger charge is 2.11. The molecular formula is C18H21N3O3. The van der Waals surface area contributed by atoms with E-state index >= 15 is 0 Å². The van der Waals surface area contributed by atoms with Gasteiger partial charge in [-0.1, -0.05) is 30.3 Å². The number of anilines is 1. The zero-order valence-electron chi connectivity index (χ0n) is 13.7. The van der Waals surface area contributed by atoms with Gasteiger partial charge >= 0.3 is 0 Å². The molecule has 24 heavy (non-hydrogen) atoms. The van der Waals surface area contributed by atoms with Gasteiger partial charge in [0.2, 0.25) is 11.8 Å². The molecule has 0 unspecified atom stereocenters. The number of nitrogens with two attached hydrogens (primary N) is 1. The molecule has 3 aromatic rings. The topological polar surface area (TPSA) is 79.5 Å². The van der Waals surface area contributed by atoms with Crippen molar-refractivity contribution >= 4 is 27.6 Å². The number of fused-ring (bicyclic) bond motifs is 3. The molecule has 0 atom stereocenters. The van der Waals surface area contributed by atoms with Crippen molar-refractivity contribution in [3.05, 3.63) is 36.4 Å². The monoisotopic (exact) mass is 327 g/mol. The Labute approximate surface area is 140 Å². The van der Waals surface area contributed by atoms with Gasteiger partial charge in [-0.2, -0.15) is 4.98 Å². The van der Waals surface area contributed by atoms with Crippen molar-refractivity contribution in [1.82, 2.24) is 9.97 Å². The smallest absolute Gasteiger partial charge is 0.226 e. The van der Waals surface area contributed by atoms with E-state index in [-0.39, 0.29) is 5.95 Å². The van der Waals surface area contributed by atoms with Crippen LogP contribution in [0.4, 0.5) is 5.95 Å². The molecule has 2 aromatic carbocycles. The predicted molar refractivity (Wildman–Crippen MR) is 94.3 cm³/mol. The van der Waals surface area contributed by atoms with Crippen molar-refractivity contribution in [3.8, 4) is 5.88 Å². The highest BCUT2D eigenvalue weighted by atomic mass is 16.5. The average molecular weight is 327 g/mol. The summed E-state index contributed by atoms with van der Waals surface area (Å²) in [6.45, 7) is 4.64. The normalized spacial score (nSPS) is 11.2. The Morgan fingerprint density at radius 1 is 0.917 bits per heavy atom. The number of nitrogen functional groups attached to an aromatic ring is 1. The lowest BCUT2D eigenvalue weighted by Gasteiger charge is -2.11. The molecule has 6 heteroatoms. The van der Waals surface area contributed by atoms with Crippen molar-refractivity contribution in [2.75, 3.05) is 38.8 Å². The Bertz CT molecular complexity index is 823. The molecule has 0 spiro atoms. The summed E-state index contributed by atoms with van der Waals surface area (Å²) in [5.41, 5.74) is 6.58. The van der Waals surface area contributed by atoms with E-state index in [0.717, 1.165) is 21.7 Å². The molecule has 0 saturated carbocycles. The van der Waals surface area contributed by atoms with Crippen LogP contribution in [0.15, 0.2) is 36.4 Å². The maximum absolute atomic E-state index is 5.82. The number of benzene rings is 2. The second kappa shape index (κ2) is 7.90. The number of hydrogen-bond donors (Lipinski definition) is 1. The quantitative estimate of drug-likeness (QED) is 0.506. The summed E-state index contributed by atoms with van der Waals surface area (Å²) in [5, 5.41) is 3.02.